The third-order valence-corrected chi connectivity index (χ3v) is 10.6. The summed E-state index contributed by atoms with van der Waals surface area (Å²) in [5.74, 6) is -7.06. The first-order valence-electron chi connectivity index (χ1n) is 15.6. The van der Waals surface area contributed by atoms with Crippen molar-refractivity contribution in [2.75, 3.05) is 25.7 Å². The molecule has 3 fully saturated rings. The fourth-order valence-corrected chi connectivity index (χ4v) is 8.15. The first kappa shape index (κ1) is 33.2. The maximum atomic E-state index is 14.4. The van der Waals surface area contributed by atoms with Crippen molar-refractivity contribution in [2.24, 2.45) is 35.0 Å². The van der Waals surface area contributed by atoms with Gasteiger partial charge < -0.3 is 19.7 Å². The van der Waals surface area contributed by atoms with Gasteiger partial charge >= 0.3 is 5.97 Å². The lowest BCUT2D eigenvalue weighted by Gasteiger charge is -2.47. The van der Waals surface area contributed by atoms with E-state index in [1.165, 1.54) is 26.4 Å². The Kier molecular flexibility index (Phi) is 8.57. The number of amides is 4. The average molecular weight is 681 g/mol. The molecule has 2 N–H and O–H groups in total. The lowest BCUT2D eigenvalue weighted by Crippen LogP contribution is -2.49. The molecule has 4 aliphatic rings. The van der Waals surface area contributed by atoms with Gasteiger partial charge in [0.25, 0.3) is 0 Å². The third kappa shape index (κ3) is 5.13. The molecule has 0 bridgehead atoms. The summed E-state index contributed by atoms with van der Waals surface area (Å²) in [7, 11) is 2.79. The van der Waals surface area contributed by atoms with Crippen molar-refractivity contribution in [1.29, 1.82) is 0 Å². The molecule has 0 radical (unpaired) electrons. The van der Waals surface area contributed by atoms with E-state index in [0.717, 1.165) is 21.4 Å². The number of carboxylic acids is 1. The molecule has 6 rings (SSSR count). The lowest BCUT2D eigenvalue weighted by atomic mass is 9.52. The van der Waals surface area contributed by atoms with Crippen LogP contribution < -0.4 is 14.4 Å². The number of aromatic hydroxyl groups is 1. The number of ether oxygens (including phenoxy) is 2. The summed E-state index contributed by atoms with van der Waals surface area (Å²) in [4.78, 5) is 69.2. The van der Waals surface area contributed by atoms with Gasteiger partial charge in [-0.3, -0.25) is 28.9 Å². The van der Waals surface area contributed by atoms with Crippen LogP contribution in [0.4, 0.5) is 10.1 Å². The van der Waals surface area contributed by atoms with E-state index in [4.69, 9.17) is 26.2 Å². The zero-order valence-electron chi connectivity index (χ0n) is 26.4. The maximum Gasteiger partial charge on any atom is 0.303 e. The number of halogens is 2. The number of allylic oxidation sites excluding steroid dienone is 3. The Balaban J connectivity index is 1.44. The van der Waals surface area contributed by atoms with Gasteiger partial charge in [0.2, 0.25) is 29.4 Å². The van der Waals surface area contributed by atoms with Gasteiger partial charge in [-0.2, -0.15) is 0 Å². The number of carboxylic acid groups (broad SMARTS) is 1. The number of methoxy groups -OCH3 is 2. The van der Waals surface area contributed by atoms with Crippen LogP contribution in [0, 0.1) is 40.8 Å². The molecule has 0 unspecified atom stereocenters. The first-order chi connectivity index (χ1) is 22.8. The van der Waals surface area contributed by atoms with E-state index in [1.807, 2.05) is 6.08 Å². The average Bonchev–Trinajstić information content (AvgIpc) is 3.41. The molecule has 2 aliphatic heterocycles. The summed E-state index contributed by atoms with van der Waals surface area (Å²) in [5.41, 5.74) is 0.0994. The van der Waals surface area contributed by atoms with Crippen molar-refractivity contribution in [1.82, 2.24) is 4.90 Å². The number of aliphatic carboxylic acids is 1. The monoisotopic (exact) mass is 680 g/mol. The van der Waals surface area contributed by atoms with Crippen LogP contribution in [-0.4, -0.2) is 65.5 Å². The van der Waals surface area contributed by atoms with Crippen molar-refractivity contribution in [3.05, 3.63) is 64.5 Å². The predicted molar refractivity (Wildman–Crippen MR) is 171 cm³/mol. The highest BCUT2D eigenvalue weighted by molar-refractivity contribution is 6.31. The second-order valence-electron chi connectivity index (χ2n) is 12.8. The Bertz CT molecular complexity index is 1780. The van der Waals surface area contributed by atoms with Crippen molar-refractivity contribution in [3.8, 4) is 17.2 Å². The number of benzene rings is 2. The van der Waals surface area contributed by atoms with Crippen LogP contribution in [0.2, 0.25) is 5.02 Å². The minimum absolute atomic E-state index is 0.0233. The zero-order valence-corrected chi connectivity index (χ0v) is 27.2. The number of phenols is 1. The number of carbonyl (C=O) groups excluding carboxylic acids is 4. The first-order valence-corrected chi connectivity index (χ1v) is 15.9. The van der Waals surface area contributed by atoms with Crippen LogP contribution >= 0.6 is 11.6 Å². The molecule has 2 heterocycles. The van der Waals surface area contributed by atoms with Crippen LogP contribution in [-0.2, 0) is 24.0 Å². The molecule has 11 nitrogen and oxygen atoms in total. The van der Waals surface area contributed by atoms with Crippen LogP contribution in [0.3, 0.4) is 0 Å². The van der Waals surface area contributed by atoms with Crippen molar-refractivity contribution < 1.29 is 48.0 Å². The lowest BCUT2D eigenvalue weighted by molar-refractivity contribution is -0.142. The van der Waals surface area contributed by atoms with E-state index >= 15 is 0 Å². The Hall–Kier alpha value is -4.71. The number of fused-ring (bicyclic) bond motifs is 4. The summed E-state index contributed by atoms with van der Waals surface area (Å²) in [5, 5.41) is 19.3. The topological polar surface area (TPSA) is 151 Å². The number of hydrogen-bond acceptors (Lipinski definition) is 8. The van der Waals surface area contributed by atoms with Gasteiger partial charge in [0.15, 0.2) is 11.5 Å². The van der Waals surface area contributed by atoms with E-state index in [0.29, 0.717) is 5.56 Å². The highest BCUT2D eigenvalue weighted by Gasteiger charge is 2.66. The van der Waals surface area contributed by atoms with Gasteiger partial charge in [0.05, 0.1) is 48.1 Å². The number of imide groups is 2. The molecule has 252 valence electrons. The van der Waals surface area contributed by atoms with Crippen LogP contribution in [0.25, 0.3) is 6.08 Å². The van der Waals surface area contributed by atoms with Gasteiger partial charge in [0.1, 0.15) is 5.82 Å². The number of carbonyl (C=O) groups is 5. The summed E-state index contributed by atoms with van der Waals surface area (Å²) in [6, 6.07) is 6.79. The molecule has 1 saturated carbocycles. The Labute approximate surface area is 280 Å². The van der Waals surface area contributed by atoms with Crippen molar-refractivity contribution >= 4 is 53.0 Å². The fourth-order valence-electron chi connectivity index (χ4n) is 7.98. The third-order valence-electron chi connectivity index (χ3n) is 10.4. The Morgan fingerprint density at radius 1 is 1.06 bits per heavy atom. The Morgan fingerprint density at radius 2 is 1.75 bits per heavy atom. The van der Waals surface area contributed by atoms with Crippen LogP contribution in [0.5, 0.6) is 17.2 Å². The van der Waals surface area contributed by atoms with Crippen molar-refractivity contribution in [3.63, 3.8) is 0 Å². The molecule has 4 amide bonds. The molecule has 2 aliphatic carbocycles. The number of anilines is 1. The largest absolute Gasteiger partial charge is 0.502 e. The van der Waals surface area contributed by atoms with Crippen LogP contribution in [0.1, 0.15) is 38.2 Å². The number of hydrogen-bond donors (Lipinski definition) is 2. The molecule has 13 heteroatoms. The minimum Gasteiger partial charge on any atom is -0.502 e. The summed E-state index contributed by atoms with van der Waals surface area (Å²) < 4.78 is 24.7. The van der Waals surface area contributed by atoms with Gasteiger partial charge in [0, 0.05) is 18.9 Å². The van der Waals surface area contributed by atoms with E-state index < -0.39 is 64.5 Å². The molecule has 2 aromatic carbocycles. The second-order valence-corrected chi connectivity index (χ2v) is 13.2. The van der Waals surface area contributed by atoms with Gasteiger partial charge in [-0.25, -0.2) is 9.29 Å². The number of nitrogens with zero attached hydrogens (tertiary/aromatic N) is 2. The molecule has 2 saturated heterocycles. The molecular weight excluding hydrogens is 647 g/mol. The second kappa shape index (κ2) is 12.4. The van der Waals surface area contributed by atoms with E-state index in [1.54, 1.807) is 31.2 Å². The zero-order chi connectivity index (χ0) is 34.7. The van der Waals surface area contributed by atoms with E-state index in [-0.39, 0.29) is 66.1 Å². The summed E-state index contributed by atoms with van der Waals surface area (Å²) in [6.45, 7) is 1.68. The fraction of sp³-hybridized carbons (Fsp3) is 0.400. The van der Waals surface area contributed by atoms with E-state index in [2.05, 4.69) is 0 Å². The number of phenolic OH excluding ortho intramolecular Hbond substituents is 1. The molecule has 0 aromatic heterocycles. The SMILES string of the molecule is COc1cc(C=C[C@H]2C3=CC[C@@H]4C(=O)N(CCCC(=O)O)C(=O)[C@@H]4[C@@H]3C[C@H]3C(=O)N(c4ccc(F)c(Cl)c4)C(=O)[C@@]23C)cc(OC)c1O. The highest BCUT2D eigenvalue weighted by atomic mass is 35.5. The van der Waals surface area contributed by atoms with Crippen LogP contribution in [0.15, 0.2) is 48.1 Å². The van der Waals surface area contributed by atoms with Gasteiger partial charge in [-0.15, -0.1) is 0 Å². The Morgan fingerprint density at radius 3 is 2.38 bits per heavy atom. The number of likely N-dealkylation sites (tertiary alicyclic amines) is 1. The van der Waals surface area contributed by atoms with Gasteiger partial charge in [-0.1, -0.05) is 35.4 Å². The molecule has 2 aromatic rings. The predicted octanol–water partition coefficient (Wildman–Crippen LogP) is 4.84. The molecule has 48 heavy (non-hydrogen) atoms. The minimum atomic E-state index is -1.33. The molecule has 0 spiro atoms. The maximum absolute atomic E-state index is 14.4. The highest BCUT2D eigenvalue weighted by Crippen LogP contribution is 2.61. The van der Waals surface area contributed by atoms with E-state index in [9.17, 15) is 33.5 Å². The quantitative estimate of drug-likeness (QED) is 0.280. The number of rotatable bonds is 9. The molecular formula is C35H34ClFN2O9. The summed E-state index contributed by atoms with van der Waals surface area (Å²) in [6.07, 6.45) is 5.68. The van der Waals surface area contributed by atoms with Gasteiger partial charge in [-0.05, 0) is 68.0 Å². The molecule has 6 atom stereocenters. The normalized spacial score (nSPS) is 28.0. The summed E-state index contributed by atoms with van der Waals surface area (Å²) >= 11 is 6.05. The smallest absolute Gasteiger partial charge is 0.303 e. The van der Waals surface area contributed by atoms with Crippen molar-refractivity contribution in [2.45, 2.75) is 32.6 Å². The standard InChI is InChI=1S/C35H34ClFN2O9/c1-35-22(10-6-17-13-26(47-2)30(42)27(14-17)48-3)19-8-9-20-29(33(45)38(31(20)43)12-4-5-28(40)41)21(19)16-23(35)32(44)39(34(35)46)18-7-11-25(37)24(36)15-18/h6-8,10-11,13-15,20-23,29,42H,4-5,9,12,16H2,1-3H3,(H,40,41)/t20-,21+,22-,23-,29-,35-/m0/s1.